The van der Waals surface area contributed by atoms with Crippen molar-refractivity contribution in [1.29, 1.82) is 0 Å². The fourth-order valence-electron chi connectivity index (χ4n) is 5.71. The van der Waals surface area contributed by atoms with E-state index in [2.05, 4.69) is 10.6 Å². The molecule has 4 N–H and O–H groups in total. The van der Waals surface area contributed by atoms with E-state index in [4.69, 9.17) is 0 Å². The number of aliphatic carboxylic acids is 2. The van der Waals surface area contributed by atoms with E-state index >= 15 is 0 Å². The summed E-state index contributed by atoms with van der Waals surface area (Å²) in [6.45, 7) is 1.59. The van der Waals surface area contributed by atoms with Crippen LogP contribution in [-0.4, -0.2) is 47.2 Å². The van der Waals surface area contributed by atoms with Crippen LogP contribution < -0.4 is 10.6 Å². The van der Waals surface area contributed by atoms with Gasteiger partial charge in [0.15, 0.2) is 0 Å². The monoisotopic (exact) mass is 480 g/mol. The Morgan fingerprint density at radius 1 is 0.559 bits per heavy atom. The van der Waals surface area contributed by atoms with Gasteiger partial charge in [0.25, 0.3) is 0 Å². The second-order valence-corrected chi connectivity index (χ2v) is 10.5. The molecule has 0 saturated heterocycles. The van der Waals surface area contributed by atoms with Crippen LogP contribution in [0.25, 0.3) is 0 Å². The highest BCUT2D eigenvalue weighted by Gasteiger charge is 2.35. The van der Waals surface area contributed by atoms with Crippen molar-refractivity contribution in [2.24, 2.45) is 17.8 Å². The van der Waals surface area contributed by atoms with E-state index in [1.165, 1.54) is 44.9 Å². The van der Waals surface area contributed by atoms with Crippen LogP contribution >= 0.6 is 0 Å². The number of hydrogen-bond donors (Lipinski definition) is 4. The summed E-state index contributed by atoms with van der Waals surface area (Å²) in [5.41, 5.74) is 0. The summed E-state index contributed by atoms with van der Waals surface area (Å²) in [6.07, 6.45) is 19.1. The topological polar surface area (TPSA) is 116 Å². The molecule has 0 aliphatic heterocycles. The van der Waals surface area contributed by atoms with Crippen LogP contribution in [0.3, 0.4) is 0 Å². The predicted octanol–water partition coefficient (Wildman–Crippen LogP) is 5.13. The van der Waals surface area contributed by atoms with Crippen LogP contribution in [0.4, 0.5) is 0 Å². The molecule has 0 aromatic carbocycles. The molecule has 2 aliphatic carbocycles. The maximum absolute atomic E-state index is 12.3. The van der Waals surface area contributed by atoms with Crippen LogP contribution in [0.5, 0.6) is 0 Å². The Morgan fingerprint density at radius 3 is 1.56 bits per heavy atom. The van der Waals surface area contributed by atoms with Gasteiger partial charge in [0.05, 0.1) is 17.8 Å². The van der Waals surface area contributed by atoms with Crippen molar-refractivity contribution in [3.8, 4) is 0 Å². The summed E-state index contributed by atoms with van der Waals surface area (Å²) < 4.78 is 0. The molecule has 34 heavy (non-hydrogen) atoms. The van der Waals surface area contributed by atoms with Gasteiger partial charge in [-0.25, -0.2) is 0 Å². The molecule has 0 bridgehead atoms. The lowest BCUT2D eigenvalue weighted by Crippen LogP contribution is -2.42. The maximum atomic E-state index is 12.3. The number of carbonyl (C=O) groups is 3. The number of carbonyl (C=O) groups excluding carboxylic acids is 1. The molecule has 2 saturated carbocycles. The minimum atomic E-state index is -0.829. The number of unbranched alkanes of at least 4 members (excludes halogenated alkanes) is 9. The van der Waals surface area contributed by atoms with E-state index in [1.807, 2.05) is 0 Å². The maximum Gasteiger partial charge on any atom is 0.308 e. The summed E-state index contributed by atoms with van der Waals surface area (Å²) in [6, 6.07) is 0.161. The number of hydrogen-bond acceptors (Lipinski definition) is 4. The molecule has 0 radical (unpaired) electrons. The summed E-state index contributed by atoms with van der Waals surface area (Å²) in [7, 11) is 0. The molecule has 2 fully saturated rings. The quantitative estimate of drug-likeness (QED) is 0.215. The first-order valence-corrected chi connectivity index (χ1v) is 14.0. The second-order valence-electron chi connectivity index (χ2n) is 10.5. The van der Waals surface area contributed by atoms with E-state index in [0.29, 0.717) is 19.4 Å². The van der Waals surface area contributed by atoms with Gasteiger partial charge in [-0.05, 0) is 45.1 Å². The molecule has 0 spiro atoms. The number of rotatable bonds is 17. The van der Waals surface area contributed by atoms with Gasteiger partial charge < -0.3 is 20.8 Å². The molecule has 0 aromatic rings. The average Bonchev–Trinajstić information content (AvgIpc) is 2.84. The zero-order valence-corrected chi connectivity index (χ0v) is 21.1. The predicted molar refractivity (Wildman–Crippen MR) is 134 cm³/mol. The Balaban J connectivity index is 1.36. The van der Waals surface area contributed by atoms with Gasteiger partial charge in [-0.3, -0.25) is 14.4 Å². The lowest BCUT2D eigenvalue weighted by Gasteiger charge is -2.29. The highest BCUT2D eigenvalue weighted by Crippen LogP contribution is 2.30. The second kappa shape index (κ2) is 16.9. The molecule has 7 nitrogen and oxygen atoms in total. The highest BCUT2D eigenvalue weighted by molar-refractivity contribution is 5.84. The van der Waals surface area contributed by atoms with Crippen LogP contribution in [-0.2, 0) is 14.4 Å². The van der Waals surface area contributed by atoms with Gasteiger partial charge in [-0.15, -0.1) is 0 Å². The Bertz CT molecular complexity index is 612. The largest absolute Gasteiger partial charge is 0.481 e. The fraction of sp³-hybridized carbons (Fsp3) is 0.889. The first kappa shape index (κ1) is 28.6. The molecule has 1 amide bonds. The van der Waals surface area contributed by atoms with E-state index in [9.17, 15) is 24.6 Å². The molecule has 0 heterocycles. The Morgan fingerprint density at radius 2 is 1.00 bits per heavy atom. The van der Waals surface area contributed by atoms with Crippen molar-refractivity contribution in [2.75, 3.05) is 13.1 Å². The number of carboxylic acid groups (broad SMARTS) is 2. The molecule has 2 rings (SSSR count). The molecular formula is C27H48N2O5. The smallest absolute Gasteiger partial charge is 0.308 e. The third kappa shape index (κ3) is 10.7. The lowest BCUT2D eigenvalue weighted by atomic mass is 9.78. The Hall–Kier alpha value is -1.63. The van der Waals surface area contributed by atoms with Gasteiger partial charge in [-0.2, -0.15) is 0 Å². The van der Waals surface area contributed by atoms with Gasteiger partial charge in [0, 0.05) is 12.6 Å². The van der Waals surface area contributed by atoms with E-state index in [1.54, 1.807) is 0 Å². The Labute approximate surface area is 205 Å². The van der Waals surface area contributed by atoms with Crippen molar-refractivity contribution in [1.82, 2.24) is 10.6 Å². The van der Waals surface area contributed by atoms with Crippen LogP contribution in [0.2, 0.25) is 0 Å². The van der Waals surface area contributed by atoms with E-state index in [0.717, 1.165) is 64.3 Å². The van der Waals surface area contributed by atoms with Crippen molar-refractivity contribution in [3.05, 3.63) is 0 Å². The summed E-state index contributed by atoms with van der Waals surface area (Å²) in [5, 5.41) is 25.1. The van der Waals surface area contributed by atoms with Crippen LogP contribution in [0, 0.1) is 17.8 Å². The van der Waals surface area contributed by atoms with Crippen LogP contribution in [0.15, 0.2) is 0 Å². The van der Waals surface area contributed by atoms with Gasteiger partial charge in [0.2, 0.25) is 5.91 Å². The first-order valence-electron chi connectivity index (χ1n) is 14.0. The van der Waals surface area contributed by atoms with E-state index in [-0.39, 0.29) is 23.8 Å². The number of carboxylic acids is 2. The summed E-state index contributed by atoms with van der Waals surface area (Å²) in [5.74, 6) is -2.60. The molecule has 7 heteroatoms. The zero-order valence-electron chi connectivity index (χ0n) is 21.1. The number of amides is 1. The Kier molecular flexibility index (Phi) is 14.2. The third-order valence-electron chi connectivity index (χ3n) is 7.81. The lowest BCUT2D eigenvalue weighted by molar-refractivity contribution is -0.148. The fourth-order valence-corrected chi connectivity index (χ4v) is 5.71. The number of nitrogens with one attached hydrogen (secondary N) is 2. The standard InChI is InChI=1S/C27H48N2O5/c30-25(21-15-9-10-16-22(21)26(31)32)29-20-14-8-6-4-2-1-3-5-7-13-19-28-24-18-12-11-17-23(24)27(33)34/h21-24,28H,1-20H2,(H,29,30)(H,31,32)(H,33,34). The first-order chi connectivity index (χ1) is 16.5. The van der Waals surface area contributed by atoms with Gasteiger partial charge in [-0.1, -0.05) is 77.0 Å². The van der Waals surface area contributed by atoms with E-state index < -0.39 is 17.9 Å². The van der Waals surface area contributed by atoms with Crippen molar-refractivity contribution in [2.45, 2.75) is 122 Å². The SMILES string of the molecule is O=C(O)C1CCCCC1NCCCCCCCCCCCCNC(=O)C1CCCCC1C(=O)O. The minimum Gasteiger partial charge on any atom is -0.481 e. The summed E-state index contributed by atoms with van der Waals surface area (Å²) >= 11 is 0. The average molecular weight is 481 g/mol. The highest BCUT2D eigenvalue weighted by atomic mass is 16.4. The normalized spacial score (nSPS) is 25.1. The molecule has 196 valence electrons. The van der Waals surface area contributed by atoms with Gasteiger partial charge in [0.1, 0.15) is 0 Å². The van der Waals surface area contributed by atoms with Crippen molar-refractivity contribution >= 4 is 17.8 Å². The van der Waals surface area contributed by atoms with Crippen molar-refractivity contribution in [3.63, 3.8) is 0 Å². The summed E-state index contributed by atoms with van der Waals surface area (Å²) in [4.78, 5) is 35.0. The molecule has 2 aliphatic rings. The zero-order chi connectivity index (χ0) is 24.6. The molecule has 4 unspecified atom stereocenters. The molecule has 4 atom stereocenters. The minimum absolute atomic E-state index is 0.0669. The molecule has 0 aromatic heterocycles. The van der Waals surface area contributed by atoms with Crippen LogP contribution in [0.1, 0.15) is 116 Å². The van der Waals surface area contributed by atoms with Gasteiger partial charge >= 0.3 is 11.9 Å². The third-order valence-corrected chi connectivity index (χ3v) is 7.81. The van der Waals surface area contributed by atoms with Crippen molar-refractivity contribution < 1.29 is 24.6 Å². The molecular weight excluding hydrogens is 432 g/mol.